The summed E-state index contributed by atoms with van der Waals surface area (Å²) in [7, 11) is 0. The van der Waals surface area contributed by atoms with Gasteiger partial charge in [0.25, 0.3) is 11.6 Å². The number of fused-ring (bicyclic) bond motifs is 1. The third-order valence-electron chi connectivity index (χ3n) is 5.58. The fraction of sp³-hybridized carbons (Fsp3) is 0.250. The number of rotatable bonds is 6. The second kappa shape index (κ2) is 9.05. The highest BCUT2D eigenvalue weighted by Gasteiger charge is 2.28. The van der Waals surface area contributed by atoms with Crippen molar-refractivity contribution in [2.24, 2.45) is 5.10 Å². The van der Waals surface area contributed by atoms with Gasteiger partial charge in [0.15, 0.2) is 5.76 Å². The smallest absolute Gasteiger partial charge is 0.291 e. The lowest BCUT2D eigenvalue weighted by Crippen LogP contribution is -2.15. The maximum Gasteiger partial charge on any atom is 0.291 e. The van der Waals surface area contributed by atoms with Gasteiger partial charge in [-0.2, -0.15) is 5.10 Å². The SMILES string of the molecule is CCc1ccccc1NC(=O)c1oc2c(c1C)/C(=N/Nc1ccc([N+](=O)[O-])cc1)CCC2. The van der Waals surface area contributed by atoms with Crippen molar-refractivity contribution in [1.29, 1.82) is 0 Å². The van der Waals surface area contributed by atoms with E-state index in [0.717, 1.165) is 59.5 Å². The van der Waals surface area contributed by atoms with E-state index in [0.29, 0.717) is 11.4 Å². The second-order valence-corrected chi connectivity index (χ2v) is 7.65. The van der Waals surface area contributed by atoms with Gasteiger partial charge in [0.05, 0.1) is 16.3 Å². The van der Waals surface area contributed by atoms with Gasteiger partial charge in [-0.25, -0.2) is 0 Å². The number of nitro groups is 1. The quantitative estimate of drug-likeness (QED) is 0.397. The fourth-order valence-corrected chi connectivity index (χ4v) is 3.92. The molecule has 8 nitrogen and oxygen atoms in total. The van der Waals surface area contributed by atoms with Crippen LogP contribution in [0.15, 0.2) is 58.0 Å². The lowest BCUT2D eigenvalue weighted by Gasteiger charge is -2.13. The number of aryl methyl sites for hydroxylation is 2. The number of hydrogen-bond acceptors (Lipinski definition) is 6. The Morgan fingerprint density at radius 2 is 1.91 bits per heavy atom. The molecule has 0 unspecified atom stereocenters. The minimum Gasteiger partial charge on any atom is -0.455 e. The molecule has 2 aromatic carbocycles. The van der Waals surface area contributed by atoms with Gasteiger partial charge in [-0.3, -0.25) is 20.3 Å². The molecule has 32 heavy (non-hydrogen) atoms. The highest BCUT2D eigenvalue weighted by molar-refractivity contribution is 6.09. The highest BCUT2D eigenvalue weighted by atomic mass is 16.6. The van der Waals surface area contributed by atoms with Crippen molar-refractivity contribution in [3.8, 4) is 0 Å². The van der Waals surface area contributed by atoms with Crippen molar-refractivity contribution in [3.05, 3.63) is 86.9 Å². The third-order valence-corrected chi connectivity index (χ3v) is 5.58. The zero-order valence-electron chi connectivity index (χ0n) is 18.0. The molecular weight excluding hydrogens is 408 g/mol. The third kappa shape index (κ3) is 4.25. The van der Waals surface area contributed by atoms with E-state index < -0.39 is 4.92 Å². The molecule has 0 radical (unpaired) electrons. The average molecular weight is 432 g/mol. The first-order valence-corrected chi connectivity index (χ1v) is 10.6. The number of para-hydroxylation sites is 1. The molecule has 0 atom stereocenters. The number of furan rings is 1. The second-order valence-electron chi connectivity index (χ2n) is 7.65. The summed E-state index contributed by atoms with van der Waals surface area (Å²) in [4.78, 5) is 23.4. The van der Waals surface area contributed by atoms with Crippen molar-refractivity contribution >= 4 is 28.7 Å². The molecule has 1 aromatic heterocycles. The molecule has 0 aliphatic heterocycles. The fourth-order valence-electron chi connectivity index (χ4n) is 3.92. The van der Waals surface area contributed by atoms with Crippen LogP contribution < -0.4 is 10.7 Å². The first-order chi connectivity index (χ1) is 15.5. The summed E-state index contributed by atoms with van der Waals surface area (Å²) in [5, 5.41) is 18.3. The summed E-state index contributed by atoms with van der Waals surface area (Å²) in [6.45, 7) is 3.91. The number of nitrogens with zero attached hydrogens (tertiary/aromatic N) is 2. The predicted octanol–water partition coefficient (Wildman–Crippen LogP) is 5.46. The Morgan fingerprint density at radius 1 is 1.16 bits per heavy atom. The van der Waals surface area contributed by atoms with Crippen LogP contribution in [0, 0.1) is 17.0 Å². The van der Waals surface area contributed by atoms with Crippen molar-refractivity contribution in [2.75, 3.05) is 10.7 Å². The molecule has 2 N–H and O–H groups in total. The molecule has 0 saturated heterocycles. The molecule has 164 valence electrons. The van der Waals surface area contributed by atoms with Gasteiger partial charge in [0, 0.05) is 35.4 Å². The number of carbonyl (C=O) groups is 1. The maximum absolute atomic E-state index is 13.0. The van der Waals surface area contributed by atoms with Gasteiger partial charge < -0.3 is 9.73 Å². The minimum absolute atomic E-state index is 0.0223. The molecule has 1 heterocycles. The molecule has 8 heteroatoms. The van der Waals surface area contributed by atoms with Crippen LogP contribution >= 0.6 is 0 Å². The van der Waals surface area contributed by atoms with Crippen molar-refractivity contribution in [2.45, 2.75) is 39.5 Å². The first kappa shape index (κ1) is 21.3. The Morgan fingerprint density at radius 3 is 2.62 bits per heavy atom. The number of nitro benzene ring substituents is 1. The van der Waals surface area contributed by atoms with Crippen LogP contribution in [0.25, 0.3) is 0 Å². The zero-order valence-corrected chi connectivity index (χ0v) is 18.0. The maximum atomic E-state index is 13.0. The van der Waals surface area contributed by atoms with Gasteiger partial charge in [-0.05, 0) is 49.9 Å². The Bertz CT molecular complexity index is 1200. The molecule has 4 rings (SSSR count). The molecule has 0 fully saturated rings. The van der Waals surface area contributed by atoms with E-state index in [9.17, 15) is 14.9 Å². The standard InChI is InChI=1S/C24H24N4O4/c1-3-16-7-4-5-8-19(16)25-24(29)23-15(2)22-20(9-6-10-21(22)32-23)27-26-17-11-13-18(14-12-17)28(30)31/h4-5,7-8,11-14,26H,3,6,9-10H2,1-2H3,(H,25,29)/b27-20+. The number of carbonyl (C=O) groups excluding carboxylic acids is 1. The summed E-state index contributed by atoms with van der Waals surface area (Å²) >= 11 is 0. The summed E-state index contributed by atoms with van der Waals surface area (Å²) in [5.74, 6) is 0.776. The van der Waals surface area contributed by atoms with E-state index in [1.165, 1.54) is 12.1 Å². The average Bonchev–Trinajstić information content (AvgIpc) is 3.15. The molecule has 1 aliphatic rings. The van der Waals surface area contributed by atoms with E-state index in [1.807, 2.05) is 38.1 Å². The number of hydrogen-bond donors (Lipinski definition) is 2. The number of hydrazone groups is 1. The van der Waals surface area contributed by atoms with Crippen LogP contribution in [0.1, 0.15) is 52.8 Å². The van der Waals surface area contributed by atoms with Crippen LogP contribution in [0.2, 0.25) is 0 Å². The number of anilines is 2. The lowest BCUT2D eigenvalue weighted by atomic mass is 9.93. The number of amides is 1. The van der Waals surface area contributed by atoms with Gasteiger partial charge in [-0.15, -0.1) is 0 Å². The molecular formula is C24H24N4O4. The molecule has 0 spiro atoms. The first-order valence-electron chi connectivity index (χ1n) is 10.6. The minimum atomic E-state index is -0.441. The van der Waals surface area contributed by atoms with Gasteiger partial charge in [0.2, 0.25) is 0 Å². The Labute approximate surface area is 185 Å². The zero-order chi connectivity index (χ0) is 22.7. The van der Waals surface area contributed by atoms with Gasteiger partial charge in [0.1, 0.15) is 5.76 Å². The highest BCUT2D eigenvalue weighted by Crippen LogP contribution is 2.31. The molecule has 1 amide bonds. The van der Waals surface area contributed by atoms with Crippen LogP contribution in [0.3, 0.4) is 0 Å². The number of non-ortho nitro benzene ring substituents is 1. The summed E-state index contributed by atoms with van der Waals surface area (Å²) in [6, 6.07) is 13.8. The van der Waals surface area contributed by atoms with Crippen LogP contribution in [-0.2, 0) is 12.8 Å². The summed E-state index contributed by atoms with van der Waals surface area (Å²) in [5.41, 5.74) is 7.90. The van der Waals surface area contributed by atoms with Gasteiger partial charge in [-0.1, -0.05) is 25.1 Å². The van der Waals surface area contributed by atoms with E-state index in [2.05, 4.69) is 15.8 Å². The van der Waals surface area contributed by atoms with Crippen molar-refractivity contribution in [1.82, 2.24) is 0 Å². The van der Waals surface area contributed by atoms with E-state index in [-0.39, 0.29) is 11.6 Å². The Hall–Kier alpha value is -3.94. The number of nitrogens with one attached hydrogen (secondary N) is 2. The van der Waals surface area contributed by atoms with Crippen molar-refractivity contribution in [3.63, 3.8) is 0 Å². The lowest BCUT2D eigenvalue weighted by molar-refractivity contribution is -0.384. The predicted molar refractivity (Wildman–Crippen MR) is 123 cm³/mol. The van der Waals surface area contributed by atoms with Crippen LogP contribution in [-0.4, -0.2) is 16.5 Å². The molecule has 3 aromatic rings. The summed E-state index contributed by atoms with van der Waals surface area (Å²) < 4.78 is 5.97. The topological polar surface area (TPSA) is 110 Å². The van der Waals surface area contributed by atoms with Crippen molar-refractivity contribution < 1.29 is 14.1 Å². The Balaban J connectivity index is 1.57. The Kier molecular flexibility index (Phi) is 6.02. The van der Waals surface area contributed by atoms with E-state index >= 15 is 0 Å². The van der Waals surface area contributed by atoms with E-state index in [1.54, 1.807) is 12.1 Å². The normalized spacial score (nSPS) is 14.1. The number of benzene rings is 2. The molecule has 1 aliphatic carbocycles. The molecule has 0 bridgehead atoms. The van der Waals surface area contributed by atoms with E-state index in [4.69, 9.17) is 4.42 Å². The molecule has 0 saturated carbocycles. The monoisotopic (exact) mass is 432 g/mol. The summed E-state index contributed by atoms with van der Waals surface area (Å²) in [6.07, 6.45) is 3.16. The largest absolute Gasteiger partial charge is 0.455 e. The van der Waals surface area contributed by atoms with Gasteiger partial charge >= 0.3 is 0 Å². The van der Waals surface area contributed by atoms with Crippen LogP contribution in [0.4, 0.5) is 17.1 Å². The van der Waals surface area contributed by atoms with Crippen LogP contribution in [0.5, 0.6) is 0 Å².